The first-order valence-electron chi connectivity index (χ1n) is 13.8. The molecule has 3 heterocycles. The van der Waals surface area contributed by atoms with Gasteiger partial charge in [0.25, 0.3) is 11.5 Å². The molecule has 10 heteroatoms. The Hall–Kier alpha value is -4.27. The highest BCUT2D eigenvalue weighted by Crippen LogP contribution is 2.39. The molecule has 1 aromatic heterocycles. The molecule has 0 spiro atoms. The molecule has 2 aliphatic rings. The summed E-state index contributed by atoms with van der Waals surface area (Å²) >= 11 is 12.2. The van der Waals surface area contributed by atoms with Crippen LogP contribution in [0.1, 0.15) is 34.0 Å². The fraction of sp³-hybridized carbons (Fsp3) is 0.219. The molecule has 214 valence electrons. The van der Waals surface area contributed by atoms with Crippen molar-refractivity contribution in [1.82, 2.24) is 9.88 Å². The second-order valence-corrected chi connectivity index (χ2v) is 11.5. The van der Waals surface area contributed by atoms with Gasteiger partial charge in [-0.05, 0) is 72.5 Å². The number of urea groups is 1. The van der Waals surface area contributed by atoms with Crippen LogP contribution in [0.15, 0.2) is 89.7 Å². The van der Waals surface area contributed by atoms with Gasteiger partial charge in [-0.25, -0.2) is 4.79 Å². The number of nitrogens with one attached hydrogen (secondary N) is 3. The van der Waals surface area contributed by atoms with Crippen molar-refractivity contribution in [3.63, 3.8) is 0 Å². The molecule has 3 amide bonds. The van der Waals surface area contributed by atoms with Crippen molar-refractivity contribution in [2.75, 3.05) is 28.6 Å². The molecule has 8 nitrogen and oxygen atoms in total. The van der Waals surface area contributed by atoms with Gasteiger partial charge in [0, 0.05) is 65.2 Å². The number of anilines is 3. The van der Waals surface area contributed by atoms with E-state index in [0.29, 0.717) is 40.1 Å². The molecule has 42 heavy (non-hydrogen) atoms. The van der Waals surface area contributed by atoms with Gasteiger partial charge in [-0.3, -0.25) is 9.59 Å². The van der Waals surface area contributed by atoms with Gasteiger partial charge in [0.1, 0.15) is 0 Å². The molecule has 2 bridgehead atoms. The average Bonchev–Trinajstić information content (AvgIpc) is 2.98. The van der Waals surface area contributed by atoms with Crippen molar-refractivity contribution < 1.29 is 9.59 Å². The van der Waals surface area contributed by atoms with E-state index in [1.54, 1.807) is 48.5 Å². The summed E-state index contributed by atoms with van der Waals surface area (Å²) in [7, 11) is 0. The number of benzene rings is 3. The maximum Gasteiger partial charge on any atom is 0.323 e. The van der Waals surface area contributed by atoms with E-state index >= 15 is 0 Å². The third-order valence-electron chi connectivity index (χ3n) is 7.83. The number of nitrogens with zero attached hydrogens (tertiary/aromatic N) is 2. The van der Waals surface area contributed by atoms with Crippen LogP contribution in [0.3, 0.4) is 0 Å². The third-order valence-corrected chi connectivity index (χ3v) is 8.45. The largest absolute Gasteiger partial charge is 0.369 e. The summed E-state index contributed by atoms with van der Waals surface area (Å²) in [5.74, 6) is 0.179. The van der Waals surface area contributed by atoms with Crippen molar-refractivity contribution in [3.05, 3.63) is 122 Å². The minimum Gasteiger partial charge on any atom is -0.369 e. The van der Waals surface area contributed by atoms with Crippen molar-refractivity contribution in [1.29, 1.82) is 0 Å². The Morgan fingerprint density at radius 3 is 2.48 bits per heavy atom. The Morgan fingerprint density at radius 1 is 0.857 bits per heavy atom. The van der Waals surface area contributed by atoms with E-state index in [0.717, 1.165) is 29.9 Å². The van der Waals surface area contributed by atoms with E-state index in [1.165, 1.54) is 0 Å². The molecule has 1 fully saturated rings. The van der Waals surface area contributed by atoms with E-state index in [4.69, 9.17) is 23.2 Å². The number of fused-ring (bicyclic) bond motifs is 4. The van der Waals surface area contributed by atoms with E-state index in [-0.39, 0.29) is 29.8 Å². The van der Waals surface area contributed by atoms with Crippen LogP contribution in [0.25, 0.3) is 0 Å². The van der Waals surface area contributed by atoms with Crippen LogP contribution in [0.2, 0.25) is 10.0 Å². The molecular formula is C32H29Cl2N5O3. The molecule has 3 N–H and O–H groups in total. The zero-order valence-electron chi connectivity index (χ0n) is 22.6. The SMILES string of the molecule is O=C(Nc1ccc(Cl)cc1)Nc1cc(C(=O)NCc2ccccc2Cl)ccc1N1C[C@H]2C[C@@H](C1)c1cccc(=O)n1C2. The van der Waals surface area contributed by atoms with Crippen LogP contribution >= 0.6 is 23.2 Å². The van der Waals surface area contributed by atoms with Gasteiger partial charge in [0.2, 0.25) is 0 Å². The third kappa shape index (κ3) is 6.00. The zero-order chi connectivity index (χ0) is 29.2. The number of halogens is 2. The highest BCUT2D eigenvalue weighted by Gasteiger charge is 2.35. The van der Waals surface area contributed by atoms with E-state index in [2.05, 4.69) is 20.9 Å². The molecular weight excluding hydrogens is 573 g/mol. The fourth-order valence-electron chi connectivity index (χ4n) is 5.88. The molecule has 0 saturated carbocycles. The minimum absolute atomic E-state index is 0.0315. The number of aromatic nitrogens is 1. The van der Waals surface area contributed by atoms with Gasteiger partial charge in [-0.1, -0.05) is 47.5 Å². The molecule has 6 rings (SSSR count). The van der Waals surface area contributed by atoms with Gasteiger partial charge in [-0.15, -0.1) is 0 Å². The fourth-order valence-corrected chi connectivity index (χ4v) is 6.21. The first kappa shape index (κ1) is 27.9. The number of amides is 3. The van der Waals surface area contributed by atoms with Crippen molar-refractivity contribution in [2.24, 2.45) is 5.92 Å². The van der Waals surface area contributed by atoms with Crippen LogP contribution in [-0.2, 0) is 13.1 Å². The van der Waals surface area contributed by atoms with Gasteiger partial charge < -0.3 is 25.4 Å². The quantitative estimate of drug-likeness (QED) is 0.240. The zero-order valence-corrected chi connectivity index (χ0v) is 24.2. The average molecular weight is 603 g/mol. The second kappa shape index (κ2) is 11.9. The first-order valence-corrected chi connectivity index (χ1v) is 14.5. The highest BCUT2D eigenvalue weighted by atomic mass is 35.5. The number of carbonyl (C=O) groups excluding carboxylic acids is 2. The molecule has 0 aliphatic carbocycles. The first-order chi connectivity index (χ1) is 20.3. The van der Waals surface area contributed by atoms with E-state index < -0.39 is 6.03 Å². The lowest BCUT2D eigenvalue weighted by Crippen LogP contribution is -2.47. The molecule has 2 atom stereocenters. The smallest absolute Gasteiger partial charge is 0.323 e. The van der Waals surface area contributed by atoms with Crippen LogP contribution in [0.5, 0.6) is 0 Å². The maximum atomic E-state index is 13.2. The Balaban J connectivity index is 1.27. The van der Waals surface area contributed by atoms with Crippen LogP contribution in [0, 0.1) is 5.92 Å². The molecule has 0 radical (unpaired) electrons. The summed E-state index contributed by atoms with van der Waals surface area (Å²) in [4.78, 5) is 41.0. The Labute approximate surface area is 253 Å². The Bertz CT molecular complexity index is 1710. The predicted molar refractivity (Wildman–Crippen MR) is 167 cm³/mol. The molecule has 2 aliphatic heterocycles. The van der Waals surface area contributed by atoms with Crippen molar-refractivity contribution >= 4 is 52.2 Å². The number of carbonyl (C=O) groups is 2. The summed E-state index contributed by atoms with van der Waals surface area (Å²) < 4.78 is 1.89. The standard InChI is InChI=1S/C32H29Cl2N5O3/c33-24-9-11-25(12-10-24)36-32(42)37-27-15-21(31(41)35-16-22-4-1-2-5-26(22)34)8-13-29(27)38-17-20-14-23(19-38)28-6-3-7-30(40)39(28)18-20/h1-13,15,20,23H,14,16-19H2,(H,35,41)(H2,36,37,42)/t20-,23+/m1/s1. The molecule has 1 saturated heterocycles. The number of piperidine rings is 1. The Kier molecular flexibility index (Phi) is 7.91. The lowest BCUT2D eigenvalue weighted by molar-refractivity contribution is 0.0951. The summed E-state index contributed by atoms with van der Waals surface area (Å²) in [6.45, 7) is 2.34. The van der Waals surface area contributed by atoms with Crippen molar-refractivity contribution in [3.8, 4) is 0 Å². The van der Waals surface area contributed by atoms with Gasteiger partial charge in [0.15, 0.2) is 0 Å². The summed E-state index contributed by atoms with van der Waals surface area (Å²) in [5, 5.41) is 9.85. The molecule has 3 aromatic carbocycles. The second-order valence-electron chi connectivity index (χ2n) is 10.7. The number of rotatable bonds is 6. The van der Waals surface area contributed by atoms with Gasteiger partial charge >= 0.3 is 6.03 Å². The summed E-state index contributed by atoms with van der Waals surface area (Å²) in [6, 6.07) is 24.5. The van der Waals surface area contributed by atoms with Gasteiger partial charge in [-0.2, -0.15) is 0 Å². The Morgan fingerprint density at radius 2 is 1.67 bits per heavy atom. The van der Waals surface area contributed by atoms with E-state index in [9.17, 15) is 14.4 Å². The highest BCUT2D eigenvalue weighted by molar-refractivity contribution is 6.31. The summed E-state index contributed by atoms with van der Waals surface area (Å²) in [6.07, 6.45) is 1.00. The number of hydrogen-bond acceptors (Lipinski definition) is 4. The predicted octanol–water partition coefficient (Wildman–Crippen LogP) is 6.35. The van der Waals surface area contributed by atoms with Gasteiger partial charge in [0.05, 0.1) is 11.4 Å². The van der Waals surface area contributed by atoms with E-state index in [1.807, 2.05) is 41.0 Å². The van der Waals surface area contributed by atoms with Crippen LogP contribution in [0.4, 0.5) is 21.9 Å². The lowest BCUT2D eigenvalue weighted by atomic mass is 9.83. The number of hydrogen-bond donors (Lipinski definition) is 3. The lowest BCUT2D eigenvalue weighted by Gasteiger charge is -2.44. The summed E-state index contributed by atoms with van der Waals surface area (Å²) in [5.41, 5.74) is 4.19. The minimum atomic E-state index is -0.443. The van der Waals surface area contributed by atoms with Crippen molar-refractivity contribution in [2.45, 2.75) is 25.4 Å². The monoisotopic (exact) mass is 601 g/mol. The normalized spacial score (nSPS) is 17.2. The van der Waals surface area contributed by atoms with Crippen LogP contribution < -0.4 is 26.4 Å². The topological polar surface area (TPSA) is 95.5 Å². The molecule has 0 unspecified atom stereocenters. The molecule has 4 aromatic rings. The van der Waals surface area contributed by atoms with Crippen LogP contribution in [-0.4, -0.2) is 29.6 Å². The number of pyridine rings is 1. The maximum absolute atomic E-state index is 13.2.